The molecule has 6 nitrogen and oxygen atoms in total. The van der Waals surface area contributed by atoms with Crippen LogP contribution in [-0.4, -0.2) is 9.55 Å². The molecule has 0 spiro atoms. The summed E-state index contributed by atoms with van der Waals surface area (Å²) in [5.41, 5.74) is 15.9. The first-order chi connectivity index (χ1) is 33.6. The monoisotopic (exact) mass is 1120 g/mol. The van der Waals surface area contributed by atoms with Crippen molar-refractivity contribution in [3.8, 4) is 45.6 Å². The third-order valence-electron chi connectivity index (χ3n) is 13.8. The van der Waals surface area contributed by atoms with E-state index in [0.29, 0.717) is 17.1 Å². The van der Waals surface area contributed by atoms with Crippen molar-refractivity contribution in [2.24, 2.45) is 0 Å². The minimum absolute atomic E-state index is 0. The van der Waals surface area contributed by atoms with Crippen LogP contribution in [0.4, 0.5) is 22.7 Å². The van der Waals surface area contributed by atoms with Crippen molar-refractivity contribution in [3.05, 3.63) is 198 Å². The van der Waals surface area contributed by atoms with Gasteiger partial charge in [-0.25, -0.2) is 4.98 Å². The van der Waals surface area contributed by atoms with Crippen LogP contribution in [0, 0.1) is 30.1 Å². The maximum Gasteiger partial charge on any atom is 0.135 e. The Morgan fingerprint density at radius 3 is 1.78 bits per heavy atom. The van der Waals surface area contributed by atoms with E-state index in [2.05, 4.69) is 225 Å². The molecule has 0 unspecified atom stereocenters. The van der Waals surface area contributed by atoms with Gasteiger partial charge in [0.2, 0.25) is 0 Å². The number of benzene rings is 7. The largest absolute Gasteiger partial charge is 0.509 e. The normalized spacial score (nSPS) is 13.0. The van der Waals surface area contributed by atoms with E-state index in [1.807, 2.05) is 48.7 Å². The summed E-state index contributed by atoms with van der Waals surface area (Å²) in [7, 11) is 0. The van der Waals surface area contributed by atoms with Gasteiger partial charge in [-0.2, -0.15) is 17.4 Å². The number of fused-ring (bicyclic) bond motifs is 4. The molecule has 0 bridgehead atoms. The van der Waals surface area contributed by atoms with Crippen LogP contribution in [0.5, 0.6) is 11.5 Å². The summed E-state index contributed by atoms with van der Waals surface area (Å²) in [5, 5.41) is 11.6. The Hall–Kier alpha value is -6.93. The predicted octanol–water partition coefficient (Wildman–Crippen LogP) is 17.4. The maximum atomic E-state index is 9.50. The average Bonchev–Trinajstić information content (AvgIpc) is 3.88. The summed E-state index contributed by atoms with van der Waals surface area (Å²) >= 11 is 0. The van der Waals surface area contributed by atoms with E-state index in [9.17, 15) is 5.26 Å². The standard InChI is InChI=1S/C65H62N5O.Pt/c1-62(2,3)46-27-24-44(25-28-46)55-40-67-61(38-56(55)65(10,11)12)70-57-31-26-45(43-22-20-42(39-66)21-23-43)32-54(57)53-30-29-52(37-60(53)70)71-51-17-15-16-49(36-51)68-41-69(59-19-14-13-18-58(59)68)50-34-47(63(4,5)6)33-48(35-50)64(7,8)9;/h13-35,38,40-41H,1-12H3;/q-3;. The topological polar surface area (TPSA) is 57.3 Å². The molecule has 0 saturated heterocycles. The number of nitrogens with zero attached hydrogens (tertiary/aromatic N) is 5. The molecule has 0 N–H and O–H groups in total. The number of rotatable bonds is 7. The fourth-order valence-corrected chi connectivity index (χ4v) is 9.59. The van der Waals surface area contributed by atoms with E-state index in [1.165, 1.54) is 22.3 Å². The van der Waals surface area contributed by atoms with Gasteiger partial charge in [-0.3, -0.25) is 0 Å². The number of ether oxygens (including phenoxy) is 1. The Bertz CT molecular complexity index is 3500. The Morgan fingerprint density at radius 2 is 1.15 bits per heavy atom. The van der Waals surface area contributed by atoms with Crippen LogP contribution in [0.2, 0.25) is 0 Å². The van der Waals surface area contributed by atoms with Crippen LogP contribution in [-0.2, 0) is 42.7 Å². The summed E-state index contributed by atoms with van der Waals surface area (Å²) in [5.74, 6) is 1.94. The molecule has 0 atom stereocenters. The molecule has 0 fully saturated rings. The SMILES string of the molecule is CC(C)(C)c1ccc(-c2cnc(-n3c4[c-]c(Oc5[c-]c(N6[CH-]N(c7cc(C(C)(C)C)cc(C(C)(C)C)c7)c7ccccc76)ccc5)ccc4c4cc(-c5ccc(C#N)cc5)ccc43)cc2C(C)(C)C)cc1.[Pt]. The summed E-state index contributed by atoms with van der Waals surface area (Å²) in [6.07, 6.45) is 2.03. The average molecular weight is 1120 g/mol. The van der Waals surface area contributed by atoms with Crippen molar-refractivity contribution in [2.75, 3.05) is 9.80 Å². The molecule has 9 aromatic rings. The molecular weight excluding hydrogens is 1060 g/mol. The van der Waals surface area contributed by atoms with E-state index in [-0.39, 0.29) is 42.7 Å². The predicted molar refractivity (Wildman–Crippen MR) is 295 cm³/mol. The second-order valence-electron chi connectivity index (χ2n) is 23.1. The first kappa shape index (κ1) is 50.0. The van der Waals surface area contributed by atoms with Gasteiger partial charge in [0.05, 0.1) is 11.6 Å². The molecule has 2 aromatic heterocycles. The van der Waals surface area contributed by atoms with Gasteiger partial charge in [0, 0.05) is 66.9 Å². The first-order valence-corrected chi connectivity index (χ1v) is 24.7. The summed E-state index contributed by atoms with van der Waals surface area (Å²) < 4.78 is 8.97. The first-order valence-electron chi connectivity index (χ1n) is 24.7. The molecule has 7 heteroatoms. The number of para-hydroxylation sites is 2. The second-order valence-corrected chi connectivity index (χ2v) is 23.1. The number of pyridine rings is 1. The molecule has 0 radical (unpaired) electrons. The summed E-state index contributed by atoms with van der Waals surface area (Å²) in [6.45, 7) is 29.4. The number of anilines is 4. The van der Waals surface area contributed by atoms with Gasteiger partial charge in [0.15, 0.2) is 0 Å². The minimum Gasteiger partial charge on any atom is -0.509 e. The zero-order valence-electron chi connectivity index (χ0n) is 43.5. The van der Waals surface area contributed by atoms with Crippen molar-refractivity contribution < 1.29 is 25.8 Å². The van der Waals surface area contributed by atoms with Crippen molar-refractivity contribution in [3.63, 3.8) is 0 Å². The quantitative estimate of drug-likeness (QED) is 0.149. The molecule has 0 saturated carbocycles. The van der Waals surface area contributed by atoms with Crippen LogP contribution in [0.1, 0.15) is 111 Å². The van der Waals surface area contributed by atoms with Crippen molar-refractivity contribution in [1.82, 2.24) is 9.55 Å². The van der Waals surface area contributed by atoms with Gasteiger partial charge in [-0.1, -0.05) is 155 Å². The molecule has 366 valence electrons. The zero-order valence-corrected chi connectivity index (χ0v) is 45.7. The maximum absolute atomic E-state index is 9.50. The van der Waals surface area contributed by atoms with Gasteiger partial charge >= 0.3 is 0 Å². The van der Waals surface area contributed by atoms with Crippen LogP contribution < -0.4 is 14.5 Å². The van der Waals surface area contributed by atoms with Crippen molar-refractivity contribution in [2.45, 2.75) is 105 Å². The van der Waals surface area contributed by atoms with Gasteiger partial charge in [-0.15, -0.1) is 48.1 Å². The summed E-state index contributed by atoms with van der Waals surface area (Å²) in [6, 6.07) is 60.8. The number of hydrogen-bond donors (Lipinski definition) is 0. The van der Waals surface area contributed by atoms with E-state index in [0.717, 1.165) is 72.6 Å². The Balaban J connectivity index is 0.00000640. The third kappa shape index (κ3) is 9.60. The smallest absolute Gasteiger partial charge is 0.135 e. The molecule has 10 rings (SSSR count). The number of nitriles is 1. The molecule has 0 aliphatic carbocycles. The molecule has 3 heterocycles. The Morgan fingerprint density at radius 1 is 0.542 bits per heavy atom. The number of hydrogen-bond acceptors (Lipinski definition) is 5. The summed E-state index contributed by atoms with van der Waals surface area (Å²) in [4.78, 5) is 9.73. The zero-order chi connectivity index (χ0) is 50.2. The molecule has 1 aliphatic heterocycles. The van der Waals surface area contributed by atoms with Gasteiger partial charge in [0.25, 0.3) is 0 Å². The van der Waals surface area contributed by atoms with Crippen molar-refractivity contribution in [1.29, 1.82) is 5.26 Å². The van der Waals surface area contributed by atoms with Gasteiger partial charge < -0.3 is 19.1 Å². The van der Waals surface area contributed by atoms with Gasteiger partial charge in [-0.05, 0) is 115 Å². The molecule has 0 amide bonds. The van der Waals surface area contributed by atoms with Crippen molar-refractivity contribution >= 4 is 44.6 Å². The molecule has 72 heavy (non-hydrogen) atoms. The van der Waals surface area contributed by atoms with E-state index in [1.54, 1.807) is 0 Å². The van der Waals surface area contributed by atoms with E-state index in [4.69, 9.17) is 9.72 Å². The number of aromatic nitrogens is 2. The molecule has 1 aliphatic rings. The third-order valence-corrected chi connectivity index (χ3v) is 13.8. The van der Waals surface area contributed by atoms with Crippen LogP contribution >= 0.6 is 0 Å². The van der Waals surface area contributed by atoms with Crippen LogP contribution in [0.15, 0.2) is 152 Å². The Kier molecular flexibility index (Phi) is 12.9. The fourth-order valence-electron chi connectivity index (χ4n) is 9.59. The fraction of sp³-hybridized carbons (Fsp3) is 0.246. The Labute approximate surface area is 441 Å². The minimum atomic E-state index is -0.188. The molecule has 7 aromatic carbocycles. The second kappa shape index (κ2) is 18.6. The van der Waals surface area contributed by atoms with E-state index >= 15 is 0 Å². The molecular formula is C65H62N5OPt-3. The van der Waals surface area contributed by atoms with Crippen LogP contribution in [0.25, 0.3) is 49.9 Å². The van der Waals surface area contributed by atoms with Crippen LogP contribution in [0.3, 0.4) is 0 Å². The van der Waals surface area contributed by atoms with E-state index < -0.39 is 0 Å². The van der Waals surface area contributed by atoms with Gasteiger partial charge in [0.1, 0.15) is 5.82 Å².